The Morgan fingerprint density at radius 2 is 1.71 bits per heavy atom. The second-order valence-electron chi connectivity index (χ2n) is 11.7. The Bertz CT molecular complexity index is 1650. The quantitative estimate of drug-likeness (QED) is 0.194. The number of anilines is 2. The van der Waals surface area contributed by atoms with E-state index in [0.717, 1.165) is 76.0 Å². The first-order valence-corrected chi connectivity index (χ1v) is 15.2. The molecular formula is C35H39N7. The number of hydrogen-bond acceptors (Lipinski definition) is 6. The van der Waals surface area contributed by atoms with Crippen LogP contribution >= 0.6 is 0 Å². The molecule has 5 aromatic rings. The number of hydrogen-bond donors (Lipinski definition) is 3. The third kappa shape index (κ3) is 5.62. The molecule has 3 heterocycles. The number of rotatable bonds is 9. The number of likely N-dealkylation sites (N-methyl/N-ethyl adjacent to an activating group) is 1. The van der Waals surface area contributed by atoms with E-state index in [-0.39, 0.29) is 5.92 Å². The monoisotopic (exact) mass is 557 g/mol. The Kier molecular flexibility index (Phi) is 7.60. The first kappa shape index (κ1) is 26.7. The highest BCUT2D eigenvalue weighted by atomic mass is 15.2. The predicted molar refractivity (Wildman–Crippen MR) is 172 cm³/mol. The highest BCUT2D eigenvalue weighted by Gasteiger charge is 2.27. The summed E-state index contributed by atoms with van der Waals surface area (Å²) in [5, 5.41) is 8.36. The van der Waals surface area contributed by atoms with Crippen molar-refractivity contribution in [2.45, 2.75) is 25.3 Å². The Labute approximate surface area is 248 Å². The minimum atomic E-state index is 0.280. The zero-order valence-electron chi connectivity index (χ0n) is 24.3. The standard InChI is InChI=1S/C35H39N7/c1-41-17-19-42(20-18-41)16-6-15-36-35-39-22-26-21-32(30-8-2-3-9-31(30)34(26)40-35)25-11-13-28(14-12-25)37-23-27-24-38-33-10-5-4-7-29(27)33/h2-5,7-14,22,24,32,37-38H,6,15-21,23H2,1H3,(H,36,39,40). The molecule has 0 spiro atoms. The van der Waals surface area contributed by atoms with Gasteiger partial charge in [-0.05, 0) is 66.9 Å². The fraction of sp³-hybridized carbons (Fsp3) is 0.314. The first-order valence-electron chi connectivity index (χ1n) is 15.2. The van der Waals surface area contributed by atoms with Crippen LogP contribution < -0.4 is 10.6 Å². The van der Waals surface area contributed by atoms with Crippen molar-refractivity contribution in [1.82, 2.24) is 24.8 Å². The zero-order chi connectivity index (χ0) is 28.3. The van der Waals surface area contributed by atoms with E-state index in [1.165, 1.54) is 38.7 Å². The molecule has 1 aliphatic carbocycles. The molecule has 3 aromatic carbocycles. The summed E-state index contributed by atoms with van der Waals surface area (Å²) in [5.41, 5.74) is 9.72. The molecule has 0 saturated carbocycles. The second kappa shape index (κ2) is 12.0. The molecule has 0 bridgehead atoms. The molecule has 1 atom stereocenters. The molecule has 0 amide bonds. The molecule has 1 saturated heterocycles. The average Bonchev–Trinajstić information content (AvgIpc) is 3.46. The lowest BCUT2D eigenvalue weighted by Gasteiger charge is -2.32. The van der Waals surface area contributed by atoms with E-state index in [9.17, 15) is 0 Å². The van der Waals surface area contributed by atoms with Gasteiger partial charge < -0.3 is 25.4 Å². The van der Waals surface area contributed by atoms with Crippen LogP contribution in [0, 0.1) is 0 Å². The highest BCUT2D eigenvalue weighted by Crippen LogP contribution is 2.42. The van der Waals surface area contributed by atoms with Gasteiger partial charge in [0.05, 0.1) is 5.69 Å². The van der Waals surface area contributed by atoms with Crippen molar-refractivity contribution in [3.05, 3.63) is 107 Å². The van der Waals surface area contributed by atoms with Crippen molar-refractivity contribution >= 4 is 22.5 Å². The lowest BCUT2D eigenvalue weighted by atomic mass is 9.78. The van der Waals surface area contributed by atoms with Crippen LogP contribution in [-0.4, -0.2) is 71.1 Å². The number of fused-ring (bicyclic) bond motifs is 4. The number of nitrogens with one attached hydrogen (secondary N) is 3. The number of piperazine rings is 1. The zero-order valence-corrected chi connectivity index (χ0v) is 24.3. The van der Waals surface area contributed by atoms with Crippen molar-refractivity contribution in [1.29, 1.82) is 0 Å². The highest BCUT2D eigenvalue weighted by molar-refractivity contribution is 5.83. The molecule has 42 heavy (non-hydrogen) atoms. The molecule has 7 rings (SSSR count). The van der Waals surface area contributed by atoms with Crippen LogP contribution in [0.1, 0.15) is 34.6 Å². The Hall–Kier alpha value is -4.20. The van der Waals surface area contributed by atoms with Gasteiger partial charge in [-0.3, -0.25) is 0 Å². The summed E-state index contributed by atoms with van der Waals surface area (Å²) in [6, 6.07) is 26.1. The molecular weight excluding hydrogens is 518 g/mol. The van der Waals surface area contributed by atoms with Crippen LogP contribution in [0.4, 0.5) is 11.6 Å². The van der Waals surface area contributed by atoms with Crippen molar-refractivity contribution < 1.29 is 0 Å². The number of H-pyrrole nitrogens is 1. The molecule has 1 aliphatic heterocycles. The maximum atomic E-state index is 5.01. The maximum Gasteiger partial charge on any atom is 0.223 e. The Balaban J connectivity index is 1.01. The van der Waals surface area contributed by atoms with Crippen molar-refractivity contribution in [3.8, 4) is 11.3 Å². The average molecular weight is 558 g/mol. The molecule has 2 aromatic heterocycles. The fourth-order valence-corrected chi connectivity index (χ4v) is 6.40. The molecule has 1 fully saturated rings. The van der Waals surface area contributed by atoms with Crippen molar-refractivity contribution in [2.24, 2.45) is 0 Å². The van der Waals surface area contributed by atoms with Gasteiger partial charge in [0, 0.05) is 79.7 Å². The maximum absolute atomic E-state index is 5.01. The minimum Gasteiger partial charge on any atom is -0.381 e. The third-order valence-corrected chi connectivity index (χ3v) is 8.88. The lowest BCUT2D eigenvalue weighted by molar-refractivity contribution is 0.154. The van der Waals surface area contributed by atoms with Gasteiger partial charge in [-0.2, -0.15) is 0 Å². The first-order chi connectivity index (χ1) is 20.7. The predicted octanol–water partition coefficient (Wildman–Crippen LogP) is 5.97. The van der Waals surface area contributed by atoms with E-state index >= 15 is 0 Å². The van der Waals surface area contributed by atoms with Gasteiger partial charge >= 0.3 is 0 Å². The molecule has 7 nitrogen and oxygen atoms in total. The van der Waals surface area contributed by atoms with E-state index in [2.05, 4.69) is 111 Å². The van der Waals surface area contributed by atoms with Gasteiger partial charge in [-0.1, -0.05) is 54.6 Å². The number of aromatic amines is 1. The molecule has 0 radical (unpaired) electrons. The normalized spacial score (nSPS) is 17.1. The van der Waals surface area contributed by atoms with Crippen molar-refractivity contribution in [2.75, 3.05) is 56.9 Å². The summed E-state index contributed by atoms with van der Waals surface area (Å²) < 4.78 is 0. The van der Waals surface area contributed by atoms with Crippen LogP contribution in [0.5, 0.6) is 0 Å². The van der Waals surface area contributed by atoms with Crippen molar-refractivity contribution in [3.63, 3.8) is 0 Å². The van der Waals surface area contributed by atoms with Crippen LogP contribution in [-0.2, 0) is 13.0 Å². The number of nitrogens with zero attached hydrogens (tertiary/aromatic N) is 4. The van der Waals surface area contributed by atoms with E-state index < -0.39 is 0 Å². The third-order valence-electron chi connectivity index (χ3n) is 8.88. The van der Waals surface area contributed by atoms with Gasteiger partial charge in [-0.25, -0.2) is 9.97 Å². The molecule has 214 valence electrons. The van der Waals surface area contributed by atoms with Gasteiger partial charge in [0.2, 0.25) is 5.95 Å². The van der Waals surface area contributed by atoms with Crippen LogP contribution in [0.25, 0.3) is 22.2 Å². The summed E-state index contributed by atoms with van der Waals surface area (Å²) in [5.74, 6) is 1.01. The summed E-state index contributed by atoms with van der Waals surface area (Å²) in [4.78, 5) is 18.0. The van der Waals surface area contributed by atoms with E-state index in [1.54, 1.807) is 0 Å². The van der Waals surface area contributed by atoms with E-state index in [0.29, 0.717) is 0 Å². The van der Waals surface area contributed by atoms with Gasteiger partial charge in [0.25, 0.3) is 0 Å². The summed E-state index contributed by atoms with van der Waals surface area (Å²) in [6.45, 7) is 7.43. The van der Waals surface area contributed by atoms with Gasteiger partial charge in [-0.15, -0.1) is 0 Å². The fourth-order valence-electron chi connectivity index (χ4n) is 6.40. The number of aromatic nitrogens is 3. The Morgan fingerprint density at radius 1 is 0.905 bits per heavy atom. The molecule has 2 aliphatic rings. The van der Waals surface area contributed by atoms with Crippen LogP contribution in [0.2, 0.25) is 0 Å². The molecule has 7 heteroatoms. The van der Waals surface area contributed by atoms with Crippen LogP contribution in [0.15, 0.2) is 85.2 Å². The van der Waals surface area contributed by atoms with Crippen LogP contribution in [0.3, 0.4) is 0 Å². The lowest BCUT2D eigenvalue weighted by Crippen LogP contribution is -2.44. The van der Waals surface area contributed by atoms with Gasteiger partial charge in [0.1, 0.15) is 0 Å². The topological polar surface area (TPSA) is 72.1 Å². The molecule has 3 N–H and O–H groups in total. The smallest absolute Gasteiger partial charge is 0.223 e. The summed E-state index contributed by atoms with van der Waals surface area (Å²) in [6.07, 6.45) is 6.12. The number of benzene rings is 3. The summed E-state index contributed by atoms with van der Waals surface area (Å²) in [7, 11) is 2.20. The van der Waals surface area contributed by atoms with E-state index in [4.69, 9.17) is 9.97 Å². The van der Waals surface area contributed by atoms with Gasteiger partial charge in [0.15, 0.2) is 0 Å². The second-order valence-corrected chi connectivity index (χ2v) is 11.7. The minimum absolute atomic E-state index is 0.280. The largest absolute Gasteiger partial charge is 0.381 e. The van der Waals surface area contributed by atoms with E-state index in [1.807, 2.05) is 6.20 Å². The molecule has 1 unspecified atom stereocenters. The summed E-state index contributed by atoms with van der Waals surface area (Å²) >= 11 is 0. The SMILES string of the molecule is CN1CCN(CCCNc2ncc3c(n2)-c2ccccc2C(c2ccc(NCc4c[nH]c5ccccc45)cc2)C3)CC1. The number of para-hydroxylation sites is 1. The Morgan fingerprint density at radius 3 is 2.60 bits per heavy atom.